The van der Waals surface area contributed by atoms with Crippen molar-refractivity contribution in [2.75, 3.05) is 31.3 Å². The average molecular weight is 330 g/mol. The summed E-state index contributed by atoms with van der Waals surface area (Å²) in [6, 6.07) is -0.00929. The highest BCUT2D eigenvalue weighted by molar-refractivity contribution is 7.88. The molecule has 0 amide bonds. The minimum Gasteiger partial charge on any atom is -0.371 e. The van der Waals surface area contributed by atoms with Crippen LogP contribution in [0.25, 0.3) is 0 Å². The smallest absolute Gasteiger partial charge is 0.223 e. The van der Waals surface area contributed by atoms with Crippen molar-refractivity contribution in [1.82, 2.24) is 14.3 Å². The molecule has 0 aliphatic carbocycles. The molecule has 1 spiro atoms. The first-order valence-corrected chi connectivity index (χ1v) is 9.04. The van der Waals surface area contributed by atoms with Crippen molar-refractivity contribution in [3.8, 4) is 0 Å². The monoisotopic (exact) mass is 330 g/mol. The molecule has 122 valence electrons. The van der Waals surface area contributed by atoms with Gasteiger partial charge in [-0.25, -0.2) is 22.8 Å². The van der Waals surface area contributed by atoms with Crippen LogP contribution < -0.4 is 5.32 Å². The molecule has 2 aliphatic heterocycles. The van der Waals surface area contributed by atoms with E-state index in [-0.39, 0.29) is 6.04 Å². The van der Waals surface area contributed by atoms with Crippen LogP contribution in [0.5, 0.6) is 0 Å². The van der Waals surface area contributed by atoms with Crippen molar-refractivity contribution in [2.45, 2.75) is 30.9 Å². The van der Waals surface area contributed by atoms with Gasteiger partial charge in [-0.15, -0.1) is 0 Å². The molecule has 7 nitrogen and oxygen atoms in total. The van der Waals surface area contributed by atoms with E-state index in [1.807, 2.05) is 0 Å². The molecule has 2 fully saturated rings. The molecule has 0 bridgehead atoms. The van der Waals surface area contributed by atoms with Gasteiger partial charge in [0.2, 0.25) is 16.0 Å². The van der Waals surface area contributed by atoms with Crippen LogP contribution in [0, 0.1) is 5.82 Å². The Morgan fingerprint density at radius 2 is 2.18 bits per heavy atom. The number of hydrogen-bond acceptors (Lipinski definition) is 6. The lowest BCUT2D eigenvalue weighted by molar-refractivity contribution is -0.0328. The second-order valence-corrected chi connectivity index (χ2v) is 7.95. The normalized spacial score (nSPS) is 29.8. The summed E-state index contributed by atoms with van der Waals surface area (Å²) in [6.07, 6.45) is 5.73. The molecule has 2 atom stereocenters. The summed E-state index contributed by atoms with van der Waals surface area (Å²) in [5.74, 6) is -0.136. The number of anilines is 1. The van der Waals surface area contributed by atoms with E-state index in [2.05, 4.69) is 15.3 Å². The molecule has 2 unspecified atom stereocenters. The molecule has 1 aromatic rings. The minimum atomic E-state index is -3.20. The predicted molar refractivity (Wildman–Crippen MR) is 78.4 cm³/mol. The average Bonchev–Trinajstić information content (AvgIpc) is 2.83. The number of nitrogens with zero attached hydrogens (tertiary/aromatic N) is 3. The van der Waals surface area contributed by atoms with Crippen molar-refractivity contribution >= 4 is 16.0 Å². The highest BCUT2D eigenvalue weighted by atomic mass is 32.2. The van der Waals surface area contributed by atoms with Gasteiger partial charge >= 0.3 is 0 Å². The Morgan fingerprint density at radius 3 is 2.86 bits per heavy atom. The van der Waals surface area contributed by atoms with E-state index in [9.17, 15) is 12.8 Å². The van der Waals surface area contributed by atoms with E-state index in [0.717, 1.165) is 25.2 Å². The fraction of sp³-hybridized carbons (Fsp3) is 0.692. The maximum Gasteiger partial charge on any atom is 0.223 e. The predicted octanol–water partition coefficient (Wildman–Crippen LogP) is 0.611. The highest BCUT2D eigenvalue weighted by Crippen LogP contribution is 2.36. The lowest BCUT2D eigenvalue weighted by Crippen LogP contribution is -2.50. The Bertz CT molecular complexity index is 639. The summed E-state index contributed by atoms with van der Waals surface area (Å²) in [5.41, 5.74) is -0.445. The van der Waals surface area contributed by atoms with Gasteiger partial charge in [-0.2, -0.15) is 4.31 Å². The van der Waals surface area contributed by atoms with Crippen LogP contribution in [-0.2, 0) is 14.8 Å². The van der Waals surface area contributed by atoms with Crippen molar-refractivity contribution in [1.29, 1.82) is 0 Å². The lowest BCUT2D eigenvalue weighted by Gasteiger charge is -2.38. The largest absolute Gasteiger partial charge is 0.371 e. The van der Waals surface area contributed by atoms with Crippen LogP contribution in [-0.4, -0.2) is 60.3 Å². The van der Waals surface area contributed by atoms with Gasteiger partial charge in [0.25, 0.3) is 0 Å². The molecule has 2 aliphatic rings. The second-order valence-electron chi connectivity index (χ2n) is 5.96. The first kappa shape index (κ1) is 15.6. The number of rotatable bonds is 3. The number of halogens is 1. The Balaban J connectivity index is 1.65. The minimum absolute atomic E-state index is 0.00929. The van der Waals surface area contributed by atoms with Crippen LogP contribution in [0.2, 0.25) is 0 Å². The summed E-state index contributed by atoms with van der Waals surface area (Å²) in [5, 5.41) is 3.11. The standard InChI is InChI=1S/C13H19FN4O3S/c1-22(19,20)18-4-2-3-13(9-18)5-11(8-21-13)17-12-15-6-10(14)7-16-12/h6-7,11H,2-5,8-9H2,1H3,(H,15,16,17). The number of nitrogens with one attached hydrogen (secondary N) is 1. The maximum atomic E-state index is 12.8. The molecule has 3 rings (SSSR count). The highest BCUT2D eigenvalue weighted by Gasteiger charge is 2.45. The van der Waals surface area contributed by atoms with Gasteiger partial charge in [-0.05, 0) is 12.8 Å². The van der Waals surface area contributed by atoms with Crippen LogP contribution in [0.3, 0.4) is 0 Å². The van der Waals surface area contributed by atoms with Gasteiger partial charge in [0.05, 0.1) is 36.9 Å². The molecule has 22 heavy (non-hydrogen) atoms. The van der Waals surface area contributed by atoms with Crippen LogP contribution >= 0.6 is 0 Å². The van der Waals surface area contributed by atoms with E-state index in [1.54, 1.807) is 0 Å². The Morgan fingerprint density at radius 1 is 1.45 bits per heavy atom. The first-order valence-electron chi connectivity index (χ1n) is 7.20. The van der Waals surface area contributed by atoms with Crippen molar-refractivity contribution in [3.05, 3.63) is 18.2 Å². The number of ether oxygens (including phenoxy) is 1. The van der Waals surface area contributed by atoms with E-state index in [4.69, 9.17) is 4.74 Å². The van der Waals surface area contributed by atoms with Crippen LogP contribution in [0.1, 0.15) is 19.3 Å². The Kier molecular flexibility index (Phi) is 4.04. The number of piperidine rings is 1. The number of aromatic nitrogens is 2. The summed E-state index contributed by atoms with van der Waals surface area (Å²) >= 11 is 0. The quantitative estimate of drug-likeness (QED) is 0.874. The third kappa shape index (κ3) is 3.36. The summed E-state index contributed by atoms with van der Waals surface area (Å²) in [7, 11) is -3.20. The van der Waals surface area contributed by atoms with Gasteiger partial charge in [-0.3, -0.25) is 0 Å². The lowest BCUT2D eigenvalue weighted by atomic mass is 9.90. The zero-order valence-corrected chi connectivity index (χ0v) is 13.1. The molecule has 9 heteroatoms. The van der Waals surface area contributed by atoms with Crippen molar-refractivity contribution in [3.63, 3.8) is 0 Å². The Labute approximate surface area is 128 Å². The second kappa shape index (κ2) is 5.71. The molecule has 0 radical (unpaired) electrons. The van der Waals surface area contributed by atoms with E-state index >= 15 is 0 Å². The molecule has 1 aromatic heterocycles. The molecular weight excluding hydrogens is 311 g/mol. The fourth-order valence-corrected chi connectivity index (χ4v) is 4.06. The van der Waals surface area contributed by atoms with Gasteiger partial charge in [0, 0.05) is 19.5 Å². The zero-order chi connectivity index (χ0) is 15.8. The number of sulfonamides is 1. The van der Waals surface area contributed by atoms with Crippen LogP contribution in [0.4, 0.5) is 10.3 Å². The third-order valence-electron chi connectivity index (χ3n) is 4.14. The van der Waals surface area contributed by atoms with Crippen molar-refractivity contribution in [2.24, 2.45) is 0 Å². The molecule has 0 aromatic carbocycles. The van der Waals surface area contributed by atoms with Gasteiger partial charge < -0.3 is 10.1 Å². The first-order chi connectivity index (χ1) is 10.4. The number of hydrogen-bond donors (Lipinski definition) is 1. The van der Waals surface area contributed by atoms with Gasteiger partial charge in [-0.1, -0.05) is 0 Å². The maximum absolute atomic E-state index is 12.8. The van der Waals surface area contributed by atoms with E-state index in [0.29, 0.717) is 32.1 Å². The summed E-state index contributed by atoms with van der Waals surface area (Å²) in [4.78, 5) is 7.74. The van der Waals surface area contributed by atoms with Crippen LogP contribution in [0.15, 0.2) is 12.4 Å². The van der Waals surface area contributed by atoms with Gasteiger partial charge in [0.1, 0.15) is 0 Å². The third-order valence-corrected chi connectivity index (χ3v) is 5.39. The molecule has 0 saturated carbocycles. The van der Waals surface area contributed by atoms with Crippen molar-refractivity contribution < 1.29 is 17.5 Å². The summed E-state index contributed by atoms with van der Waals surface area (Å²) < 4.78 is 43.7. The molecule has 2 saturated heterocycles. The molecule has 1 N–H and O–H groups in total. The molecule has 3 heterocycles. The van der Waals surface area contributed by atoms with E-state index in [1.165, 1.54) is 10.6 Å². The van der Waals surface area contributed by atoms with E-state index < -0.39 is 21.4 Å². The zero-order valence-electron chi connectivity index (χ0n) is 12.3. The molecular formula is C13H19FN4O3S. The SMILES string of the molecule is CS(=O)(=O)N1CCCC2(CC(Nc3ncc(F)cn3)CO2)C1. The van der Waals surface area contributed by atoms with Gasteiger partial charge in [0.15, 0.2) is 5.82 Å². The topological polar surface area (TPSA) is 84.4 Å². The summed E-state index contributed by atoms with van der Waals surface area (Å²) in [6.45, 7) is 1.38. The Hall–Kier alpha value is -1.32. The fourth-order valence-electron chi connectivity index (χ4n) is 3.13.